The summed E-state index contributed by atoms with van der Waals surface area (Å²) in [6.07, 6.45) is 3.03. The van der Waals surface area contributed by atoms with Crippen molar-refractivity contribution in [3.8, 4) is 0 Å². The SMILES string of the molecule is CC(C)CNCc1cccnc1N(C)CCCN(C)C. The van der Waals surface area contributed by atoms with E-state index in [2.05, 4.69) is 61.2 Å². The maximum absolute atomic E-state index is 4.55. The van der Waals surface area contributed by atoms with Gasteiger partial charge in [-0.15, -0.1) is 0 Å². The molecule has 1 N–H and O–H groups in total. The first kappa shape index (κ1) is 16.9. The molecule has 114 valence electrons. The highest BCUT2D eigenvalue weighted by Gasteiger charge is 2.08. The molecule has 20 heavy (non-hydrogen) atoms. The van der Waals surface area contributed by atoms with Crippen LogP contribution in [-0.4, -0.2) is 50.7 Å². The number of nitrogens with one attached hydrogen (secondary N) is 1. The molecule has 0 aromatic carbocycles. The summed E-state index contributed by atoms with van der Waals surface area (Å²) in [6, 6.07) is 4.18. The fourth-order valence-electron chi connectivity index (χ4n) is 2.14. The van der Waals surface area contributed by atoms with E-state index >= 15 is 0 Å². The van der Waals surface area contributed by atoms with E-state index in [9.17, 15) is 0 Å². The second kappa shape index (κ2) is 8.93. The molecule has 0 unspecified atom stereocenters. The third kappa shape index (κ3) is 6.35. The third-order valence-electron chi connectivity index (χ3n) is 3.20. The number of hydrogen-bond acceptors (Lipinski definition) is 4. The minimum atomic E-state index is 0.674. The van der Waals surface area contributed by atoms with Crippen LogP contribution >= 0.6 is 0 Å². The van der Waals surface area contributed by atoms with Crippen LogP contribution in [0.4, 0.5) is 5.82 Å². The molecule has 4 heteroatoms. The first-order chi connectivity index (χ1) is 9.50. The van der Waals surface area contributed by atoms with Gasteiger partial charge in [-0.1, -0.05) is 19.9 Å². The smallest absolute Gasteiger partial charge is 0.132 e. The van der Waals surface area contributed by atoms with Crippen molar-refractivity contribution >= 4 is 5.82 Å². The van der Waals surface area contributed by atoms with E-state index < -0.39 is 0 Å². The first-order valence-corrected chi connectivity index (χ1v) is 7.51. The summed E-state index contributed by atoms with van der Waals surface area (Å²) in [6.45, 7) is 8.53. The molecule has 0 radical (unpaired) electrons. The number of aromatic nitrogens is 1. The van der Waals surface area contributed by atoms with Crippen LogP contribution in [0.1, 0.15) is 25.8 Å². The highest BCUT2D eigenvalue weighted by molar-refractivity contribution is 5.45. The van der Waals surface area contributed by atoms with Gasteiger partial charge in [0.05, 0.1) is 0 Å². The third-order valence-corrected chi connectivity index (χ3v) is 3.20. The van der Waals surface area contributed by atoms with Crippen molar-refractivity contribution in [2.75, 3.05) is 45.7 Å². The van der Waals surface area contributed by atoms with Crippen molar-refractivity contribution in [1.29, 1.82) is 0 Å². The van der Waals surface area contributed by atoms with Gasteiger partial charge in [0.1, 0.15) is 5.82 Å². The number of nitrogens with zero attached hydrogens (tertiary/aromatic N) is 3. The Morgan fingerprint density at radius 1 is 1.20 bits per heavy atom. The second-order valence-electron chi connectivity index (χ2n) is 6.09. The van der Waals surface area contributed by atoms with E-state index in [-0.39, 0.29) is 0 Å². The number of rotatable bonds is 9. The highest BCUT2D eigenvalue weighted by atomic mass is 15.2. The molecule has 0 aliphatic rings. The van der Waals surface area contributed by atoms with Crippen molar-refractivity contribution in [2.45, 2.75) is 26.8 Å². The van der Waals surface area contributed by atoms with E-state index in [1.165, 1.54) is 5.56 Å². The summed E-state index contributed by atoms with van der Waals surface area (Å²) in [7, 11) is 6.36. The van der Waals surface area contributed by atoms with E-state index in [4.69, 9.17) is 0 Å². The molecule has 0 bridgehead atoms. The van der Waals surface area contributed by atoms with Gasteiger partial charge in [0.15, 0.2) is 0 Å². The Balaban J connectivity index is 2.54. The molecule has 0 spiro atoms. The molecular formula is C16H30N4. The van der Waals surface area contributed by atoms with Crippen LogP contribution in [0.3, 0.4) is 0 Å². The van der Waals surface area contributed by atoms with Crippen LogP contribution in [0.2, 0.25) is 0 Å². The Morgan fingerprint density at radius 3 is 2.60 bits per heavy atom. The topological polar surface area (TPSA) is 31.4 Å². The Bertz CT molecular complexity index is 376. The van der Waals surface area contributed by atoms with Crippen LogP contribution < -0.4 is 10.2 Å². The average molecular weight is 278 g/mol. The van der Waals surface area contributed by atoms with Gasteiger partial charge in [-0.3, -0.25) is 0 Å². The molecule has 0 saturated heterocycles. The van der Waals surface area contributed by atoms with Crippen LogP contribution in [0.15, 0.2) is 18.3 Å². The molecular weight excluding hydrogens is 248 g/mol. The lowest BCUT2D eigenvalue weighted by molar-refractivity contribution is 0.401. The Hall–Kier alpha value is -1.13. The van der Waals surface area contributed by atoms with Crippen LogP contribution in [0.5, 0.6) is 0 Å². The zero-order valence-corrected chi connectivity index (χ0v) is 13.7. The average Bonchev–Trinajstić information content (AvgIpc) is 2.38. The summed E-state index contributed by atoms with van der Waals surface area (Å²) in [5, 5.41) is 3.50. The van der Waals surface area contributed by atoms with E-state index in [1.807, 2.05) is 12.3 Å². The second-order valence-corrected chi connectivity index (χ2v) is 6.09. The van der Waals surface area contributed by atoms with E-state index in [0.29, 0.717) is 5.92 Å². The van der Waals surface area contributed by atoms with Crippen molar-refractivity contribution in [3.05, 3.63) is 23.9 Å². The molecule has 4 nitrogen and oxygen atoms in total. The predicted molar refractivity (Wildman–Crippen MR) is 87.2 cm³/mol. The summed E-state index contributed by atoms with van der Waals surface area (Å²) < 4.78 is 0. The van der Waals surface area contributed by atoms with Gasteiger partial charge in [0, 0.05) is 31.9 Å². The van der Waals surface area contributed by atoms with Crippen molar-refractivity contribution < 1.29 is 0 Å². The molecule has 0 saturated carbocycles. The lowest BCUT2D eigenvalue weighted by Gasteiger charge is -2.22. The van der Waals surface area contributed by atoms with Crippen molar-refractivity contribution in [2.24, 2.45) is 5.92 Å². The quantitative estimate of drug-likeness (QED) is 0.750. The lowest BCUT2D eigenvalue weighted by Crippen LogP contribution is -2.26. The molecule has 0 amide bonds. The summed E-state index contributed by atoms with van der Waals surface area (Å²) in [5.41, 5.74) is 1.28. The van der Waals surface area contributed by atoms with Gasteiger partial charge in [0.25, 0.3) is 0 Å². The molecule has 0 fully saturated rings. The predicted octanol–water partition coefficient (Wildman–Crippen LogP) is 2.22. The maximum Gasteiger partial charge on any atom is 0.132 e. The summed E-state index contributed by atoms with van der Waals surface area (Å²) in [5.74, 6) is 1.77. The Kier molecular flexibility index (Phi) is 7.55. The Labute approximate surface area is 124 Å². The van der Waals surface area contributed by atoms with Crippen molar-refractivity contribution in [3.63, 3.8) is 0 Å². The fourth-order valence-corrected chi connectivity index (χ4v) is 2.14. The minimum absolute atomic E-state index is 0.674. The molecule has 0 aliphatic carbocycles. The minimum Gasteiger partial charge on any atom is -0.359 e. The van der Waals surface area contributed by atoms with E-state index in [1.54, 1.807) is 0 Å². The first-order valence-electron chi connectivity index (χ1n) is 7.51. The number of anilines is 1. The standard InChI is InChI=1S/C16H30N4/c1-14(2)12-17-13-15-8-6-9-18-16(15)20(5)11-7-10-19(3)4/h6,8-9,14,17H,7,10-13H2,1-5H3. The molecule has 0 aliphatic heterocycles. The van der Waals surface area contributed by atoms with E-state index in [0.717, 1.165) is 38.4 Å². The lowest BCUT2D eigenvalue weighted by atomic mass is 10.2. The largest absolute Gasteiger partial charge is 0.359 e. The Morgan fingerprint density at radius 2 is 1.95 bits per heavy atom. The van der Waals surface area contributed by atoms with Gasteiger partial charge >= 0.3 is 0 Å². The van der Waals surface area contributed by atoms with Gasteiger partial charge in [0.2, 0.25) is 0 Å². The van der Waals surface area contributed by atoms with Crippen LogP contribution in [0, 0.1) is 5.92 Å². The highest BCUT2D eigenvalue weighted by Crippen LogP contribution is 2.15. The van der Waals surface area contributed by atoms with Gasteiger partial charge in [-0.2, -0.15) is 0 Å². The summed E-state index contributed by atoms with van der Waals surface area (Å²) >= 11 is 0. The zero-order valence-electron chi connectivity index (χ0n) is 13.7. The van der Waals surface area contributed by atoms with Gasteiger partial charge in [-0.05, 0) is 45.6 Å². The molecule has 1 heterocycles. The van der Waals surface area contributed by atoms with Crippen LogP contribution in [-0.2, 0) is 6.54 Å². The van der Waals surface area contributed by atoms with Gasteiger partial charge in [-0.25, -0.2) is 4.98 Å². The number of pyridine rings is 1. The fraction of sp³-hybridized carbons (Fsp3) is 0.688. The van der Waals surface area contributed by atoms with Crippen LogP contribution in [0.25, 0.3) is 0 Å². The summed E-state index contributed by atoms with van der Waals surface area (Å²) in [4.78, 5) is 9.03. The molecule has 1 rings (SSSR count). The number of hydrogen-bond donors (Lipinski definition) is 1. The molecule has 0 atom stereocenters. The maximum atomic E-state index is 4.55. The molecule has 1 aromatic heterocycles. The van der Waals surface area contributed by atoms with Crippen molar-refractivity contribution in [1.82, 2.24) is 15.2 Å². The zero-order chi connectivity index (χ0) is 15.0. The van der Waals surface area contributed by atoms with Gasteiger partial charge < -0.3 is 15.1 Å². The monoisotopic (exact) mass is 278 g/mol. The normalized spacial score (nSPS) is 11.3. The molecule has 1 aromatic rings.